The molecule has 0 radical (unpaired) electrons. The molecule has 0 aliphatic heterocycles. The molecule has 1 atom stereocenters. The molecule has 0 aliphatic rings. The van der Waals surface area contributed by atoms with Crippen LogP contribution in [0.2, 0.25) is 0 Å². The average Bonchev–Trinajstić information content (AvgIpc) is 2.62. The molecule has 128 valence electrons. The highest BCUT2D eigenvalue weighted by Crippen LogP contribution is 2.26. The Morgan fingerprint density at radius 1 is 1.12 bits per heavy atom. The topological polar surface area (TPSA) is 88.0 Å². The number of nitrogens with one attached hydrogen (secondary N) is 1. The highest BCUT2D eigenvalue weighted by molar-refractivity contribution is 5.81. The molecule has 2 aromatic rings. The van der Waals surface area contributed by atoms with Gasteiger partial charge in [-0.05, 0) is 41.8 Å². The maximum absolute atomic E-state index is 12.0. The van der Waals surface area contributed by atoms with Crippen LogP contribution in [0.4, 0.5) is 0 Å². The van der Waals surface area contributed by atoms with Crippen molar-refractivity contribution in [2.45, 2.75) is 12.5 Å². The summed E-state index contributed by atoms with van der Waals surface area (Å²) in [5, 5.41) is 22.3. The number of amides is 1. The Labute approximate surface area is 140 Å². The lowest BCUT2D eigenvalue weighted by atomic mass is 10.1. The Hall–Kier alpha value is -2.73. The summed E-state index contributed by atoms with van der Waals surface area (Å²) in [6.07, 6.45) is -0.678. The monoisotopic (exact) mass is 331 g/mol. The number of aliphatic hydroxyl groups excluding tert-OH is 1. The molecule has 1 unspecified atom stereocenters. The molecule has 0 saturated heterocycles. The number of phenols is 1. The van der Waals surface area contributed by atoms with E-state index in [0.29, 0.717) is 30.0 Å². The molecule has 0 bridgehead atoms. The van der Waals surface area contributed by atoms with Gasteiger partial charge in [0.15, 0.2) is 17.6 Å². The fraction of sp³-hybridized carbons (Fsp3) is 0.278. The van der Waals surface area contributed by atoms with Crippen LogP contribution in [-0.2, 0) is 11.2 Å². The number of hydrogen-bond donors (Lipinski definition) is 3. The van der Waals surface area contributed by atoms with E-state index in [9.17, 15) is 15.0 Å². The molecule has 0 saturated carbocycles. The third-order valence-electron chi connectivity index (χ3n) is 3.64. The van der Waals surface area contributed by atoms with Gasteiger partial charge in [-0.25, -0.2) is 0 Å². The van der Waals surface area contributed by atoms with Crippen LogP contribution < -0.4 is 14.8 Å². The SMILES string of the molecule is COc1ccc(C(O)C(=O)NCCc2ccc(O)c(OC)c2)cc1. The predicted molar refractivity (Wildman–Crippen MR) is 89.3 cm³/mol. The number of methoxy groups -OCH3 is 2. The van der Waals surface area contributed by atoms with Crippen molar-refractivity contribution in [1.29, 1.82) is 0 Å². The zero-order valence-electron chi connectivity index (χ0n) is 13.7. The van der Waals surface area contributed by atoms with Crippen LogP contribution in [0.1, 0.15) is 17.2 Å². The summed E-state index contributed by atoms with van der Waals surface area (Å²) >= 11 is 0. The quantitative estimate of drug-likeness (QED) is 0.720. The minimum absolute atomic E-state index is 0.0696. The zero-order chi connectivity index (χ0) is 17.5. The largest absolute Gasteiger partial charge is 0.504 e. The Kier molecular flexibility index (Phi) is 6.03. The number of ether oxygens (including phenoxy) is 2. The van der Waals surface area contributed by atoms with Crippen molar-refractivity contribution >= 4 is 5.91 Å². The minimum Gasteiger partial charge on any atom is -0.504 e. The van der Waals surface area contributed by atoms with Crippen LogP contribution in [-0.4, -0.2) is 36.9 Å². The Bertz CT molecular complexity index is 684. The maximum Gasteiger partial charge on any atom is 0.253 e. The molecule has 3 N–H and O–H groups in total. The lowest BCUT2D eigenvalue weighted by Gasteiger charge is -2.12. The minimum atomic E-state index is -1.23. The Balaban J connectivity index is 1.88. The number of rotatable bonds is 7. The second-order valence-corrected chi connectivity index (χ2v) is 5.22. The average molecular weight is 331 g/mol. The van der Waals surface area contributed by atoms with Crippen molar-refractivity contribution in [2.75, 3.05) is 20.8 Å². The number of benzene rings is 2. The summed E-state index contributed by atoms with van der Waals surface area (Å²) in [4.78, 5) is 12.0. The van der Waals surface area contributed by atoms with E-state index in [1.54, 1.807) is 49.6 Å². The molecule has 6 nitrogen and oxygen atoms in total. The Morgan fingerprint density at radius 3 is 2.46 bits per heavy atom. The first kappa shape index (κ1) is 17.6. The first-order valence-electron chi connectivity index (χ1n) is 7.50. The van der Waals surface area contributed by atoms with Gasteiger partial charge in [-0.15, -0.1) is 0 Å². The molecule has 24 heavy (non-hydrogen) atoms. The van der Waals surface area contributed by atoms with Gasteiger partial charge in [0.1, 0.15) is 5.75 Å². The van der Waals surface area contributed by atoms with Gasteiger partial charge in [0, 0.05) is 6.54 Å². The van der Waals surface area contributed by atoms with Crippen molar-refractivity contribution in [1.82, 2.24) is 5.32 Å². The maximum atomic E-state index is 12.0. The van der Waals surface area contributed by atoms with E-state index < -0.39 is 12.0 Å². The van der Waals surface area contributed by atoms with E-state index in [1.807, 2.05) is 0 Å². The number of phenolic OH excluding ortho intramolecular Hbond substituents is 1. The second-order valence-electron chi connectivity index (χ2n) is 5.22. The van der Waals surface area contributed by atoms with Gasteiger partial charge in [0.2, 0.25) is 0 Å². The van der Waals surface area contributed by atoms with Gasteiger partial charge in [-0.2, -0.15) is 0 Å². The van der Waals surface area contributed by atoms with Gasteiger partial charge < -0.3 is 25.0 Å². The smallest absolute Gasteiger partial charge is 0.253 e. The summed E-state index contributed by atoms with van der Waals surface area (Å²) in [5.74, 6) is 0.649. The van der Waals surface area contributed by atoms with Gasteiger partial charge in [0.05, 0.1) is 14.2 Å². The van der Waals surface area contributed by atoms with E-state index in [0.717, 1.165) is 5.56 Å². The first-order chi connectivity index (χ1) is 11.5. The molecule has 0 spiro atoms. The van der Waals surface area contributed by atoms with Gasteiger partial charge in [0.25, 0.3) is 5.91 Å². The number of carbonyl (C=O) groups is 1. The summed E-state index contributed by atoms with van der Waals surface area (Å²) in [6, 6.07) is 11.7. The molecule has 6 heteroatoms. The van der Waals surface area contributed by atoms with Gasteiger partial charge in [-0.3, -0.25) is 4.79 Å². The fourth-order valence-corrected chi connectivity index (χ4v) is 2.24. The van der Waals surface area contributed by atoms with Crippen molar-refractivity contribution < 1.29 is 24.5 Å². The van der Waals surface area contributed by atoms with Crippen LogP contribution in [0, 0.1) is 0 Å². The summed E-state index contributed by atoms with van der Waals surface area (Å²) in [5.41, 5.74) is 1.41. The summed E-state index contributed by atoms with van der Waals surface area (Å²) in [6.45, 7) is 0.361. The van der Waals surface area contributed by atoms with Crippen molar-refractivity contribution in [3.63, 3.8) is 0 Å². The molecular formula is C18H21NO5. The van der Waals surface area contributed by atoms with Gasteiger partial charge >= 0.3 is 0 Å². The highest BCUT2D eigenvalue weighted by Gasteiger charge is 2.16. The molecule has 0 aromatic heterocycles. The molecule has 2 rings (SSSR count). The van der Waals surface area contributed by atoms with Crippen LogP contribution in [0.15, 0.2) is 42.5 Å². The number of carbonyl (C=O) groups excluding carboxylic acids is 1. The molecule has 1 amide bonds. The van der Waals surface area contributed by atoms with E-state index in [4.69, 9.17) is 9.47 Å². The third kappa shape index (κ3) is 4.39. The van der Waals surface area contributed by atoms with Crippen LogP contribution in [0.25, 0.3) is 0 Å². The zero-order valence-corrected chi connectivity index (χ0v) is 13.7. The predicted octanol–water partition coefficient (Wildman–Crippen LogP) is 1.80. The molecule has 2 aromatic carbocycles. The first-order valence-corrected chi connectivity index (χ1v) is 7.50. The number of hydrogen-bond acceptors (Lipinski definition) is 5. The Morgan fingerprint density at radius 2 is 1.83 bits per heavy atom. The van der Waals surface area contributed by atoms with Crippen LogP contribution in [0.5, 0.6) is 17.2 Å². The van der Waals surface area contributed by atoms with Gasteiger partial charge in [-0.1, -0.05) is 18.2 Å². The third-order valence-corrected chi connectivity index (χ3v) is 3.64. The normalized spacial score (nSPS) is 11.6. The lowest BCUT2D eigenvalue weighted by molar-refractivity contribution is -0.129. The van der Waals surface area contributed by atoms with Crippen molar-refractivity contribution in [2.24, 2.45) is 0 Å². The van der Waals surface area contributed by atoms with Crippen LogP contribution >= 0.6 is 0 Å². The molecular weight excluding hydrogens is 310 g/mol. The summed E-state index contributed by atoms with van der Waals surface area (Å²) < 4.78 is 10.1. The van der Waals surface area contributed by atoms with E-state index >= 15 is 0 Å². The molecule has 0 fully saturated rings. The second kappa shape index (κ2) is 8.21. The molecule has 0 aliphatic carbocycles. The van der Waals surface area contributed by atoms with Crippen LogP contribution in [0.3, 0.4) is 0 Å². The molecule has 0 heterocycles. The standard InChI is InChI=1S/C18H21NO5/c1-23-14-6-4-13(5-7-14)17(21)18(22)19-10-9-12-3-8-15(20)16(11-12)24-2/h3-8,11,17,20-21H,9-10H2,1-2H3,(H,19,22). The lowest BCUT2D eigenvalue weighted by Crippen LogP contribution is -2.30. The van der Waals surface area contributed by atoms with E-state index in [1.165, 1.54) is 7.11 Å². The number of aromatic hydroxyl groups is 1. The van der Waals surface area contributed by atoms with Crippen molar-refractivity contribution in [3.8, 4) is 17.2 Å². The fourth-order valence-electron chi connectivity index (χ4n) is 2.24. The number of aliphatic hydroxyl groups is 1. The highest BCUT2D eigenvalue weighted by atomic mass is 16.5. The van der Waals surface area contributed by atoms with Crippen molar-refractivity contribution in [3.05, 3.63) is 53.6 Å². The summed E-state index contributed by atoms with van der Waals surface area (Å²) in [7, 11) is 3.03. The van der Waals surface area contributed by atoms with E-state index in [2.05, 4.69) is 5.32 Å². The van der Waals surface area contributed by atoms with E-state index in [-0.39, 0.29) is 5.75 Å².